The van der Waals surface area contributed by atoms with Crippen molar-refractivity contribution in [2.45, 2.75) is 32.2 Å². The van der Waals surface area contributed by atoms with Gasteiger partial charge >= 0.3 is 5.97 Å². The number of likely N-dealkylation sites (tertiary alicyclic amines) is 1. The molecule has 2 saturated heterocycles. The summed E-state index contributed by atoms with van der Waals surface area (Å²) in [6, 6.07) is 3.42. The smallest absolute Gasteiger partial charge is 0.306 e. The van der Waals surface area contributed by atoms with Crippen LogP contribution in [0.3, 0.4) is 0 Å². The van der Waals surface area contributed by atoms with Crippen molar-refractivity contribution in [2.24, 2.45) is 5.92 Å². The molecule has 9 heteroatoms. The van der Waals surface area contributed by atoms with Crippen LogP contribution in [0.15, 0.2) is 18.2 Å². The second-order valence-corrected chi connectivity index (χ2v) is 6.66. The molecule has 0 radical (unpaired) electrons. The van der Waals surface area contributed by atoms with Gasteiger partial charge in [-0.1, -0.05) is 0 Å². The van der Waals surface area contributed by atoms with Crippen LogP contribution in [-0.4, -0.2) is 51.8 Å². The number of nitro benzene ring substituents is 1. The van der Waals surface area contributed by atoms with E-state index in [0.717, 1.165) is 4.90 Å². The van der Waals surface area contributed by atoms with Crippen LogP contribution in [0.25, 0.3) is 0 Å². The van der Waals surface area contributed by atoms with E-state index in [-0.39, 0.29) is 23.9 Å². The van der Waals surface area contributed by atoms with E-state index in [1.54, 1.807) is 6.92 Å². The topological polar surface area (TPSA) is 121 Å². The van der Waals surface area contributed by atoms with E-state index in [9.17, 15) is 24.5 Å². The number of hydrogen-bond donors (Lipinski definition) is 1. The number of aryl methyl sites for hydroxylation is 1. The van der Waals surface area contributed by atoms with Gasteiger partial charge in [0.25, 0.3) is 11.6 Å². The zero-order valence-corrected chi connectivity index (χ0v) is 14.3. The molecule has 1 aromatic rings. The predicted octanol–water partition coefficient (Wildman–Crippen LogP) is 1.33. The molecule has 0 bridgehead atoms. The van der Waals surface area contributed by atoms with E-state index in [0.29, 0.717) is 37.2 Å². The van der Waals surface area contributed by atoms with Crippen LogP contribution < -0.4 is 4.90 Å². The van der Waals surface area contributed by atoms with E-state index in [1.807, 2.05) is 4.90 Å². The number of nitro groups is 1. The summed E-state index contributed by atoms with van der Waals surface area (Å²) in [5.74, 6) is -1.95. The largest absolute Gasteiger partial charge is 0.481 e. The zero-order valence-electron chi connectivity index (χ0n) is 14.3. The summed E-state index contributed by atoms with van der Waals surface area (Å²) in [6.07, 6.45) is 0.931. The SMILES string of the molecule is Cc1cc([N+](=O)[O-])ccc1N1C(=O)C[C@@H](N2CCC(C(=O)O)CC2)C1=O. The Kier molecular flexibility index (Phi) is 4.73. The van der Waals surface area contributed by atoms with Gasteiger partial charge in [0, 0.05) is 12.1 Å². The minimum Gasteiger partial charge on any atom is -0.481 e. The van der Waals surface area contributed by atoms with Gasteiger partial charge in [-0.15, -0.1) is 0 Å². The monoisotopic (exact) mass is 361 g/mol. The normalized spacial score (nSPS) is 22.0. The van der Waals surface area contributed by atoms with Crippen LogP contribution in [0.4, 0.5) is 11.4 Å². The Morgan fingerprint density at radius 3 is 2.46 bits per heavy atom. The third-order valence-electron chi connectivity index (χ3n) is 5.07. The van der Waals surface area contributed by atoms with Crippen molar-refractivity contribution in [3.05, 3.63) is 33.9 Å². The van der Waals surface area contributed by atoms with Gasteiger partial charge in [0.1, 0.15) is 0 Å². The number of anilines is 1. The van der Waals surface area contributed by atoms with Crippen molar-refractivity contribution in [3.63, 3.8) is 0 Å². The second kappa shape index (κ2) is 6.83. The molecule has 1 atom stereocenters. The number of non-ortho nitro benzene ring substituents is 1. The average Bonchev–Trinajstić information content (AvgIpc) is 2.89. The molecular weight excluding hydrogens is 342 g/mol. The first-order valence-electron chi connectivity index (χ1n) is 8.38. The summed E-state index contributed by atoms with van der Waals surface area (Å²) in [4.78, 5) is 49.6. The number of piperidine rings is 1. The Morgan fingerprint density at radius 1 is 1.27 bits per heavy atom. The number of nitrogens with zero attached hydrogens (tertiary/aromatic N) is 3. The number of carbonyl (C=O) groups excluding carboxylic acids is 2. The molecule has 2 heterocycles. The standard InChI is InChI=1S/C17H19N3O6/c1-10-8-12(20(25)26)2-3-13(10)19-15(21)9-14(16(19)22)18-6-4-11(5-7-18)17(23)24/h2-3,8,11,14H,4-7,9H2,1H3,(H,23,24)/t14-/m1/s1. The van der Waals surface area contributed by atoms with Gasteiger partial charge in [0.15, 0.2) is 0 Å². The predicted molar refractivity (Wildman–Crippen MR) is 90.7 cm³/mol. The molecule has 2 aliphatic heterocycles. The molecule has 9 nitrogen and oxygen atoms in total. The number of hydrogen-bond acceptors (Lipinski definition) is 6. The average molecular weight is 361 g/mol. The number of aliphatic carboxylic acids is 1. The van der Waals surface area contributed by atoms with Gasteiger partial charge in [-0.3, -0.25) is 29.4 Å². The molecule has 2 amide bonds. The molecule has 0 spiro atoms. The lowest BCUT2D eigenvalue weighted by Crippen LogP contribution is -2.46. The lowest BCUT2D eigenvalue weighted by Gasteiger charge is -2.33. The Hall–Kier alpha value is -2.81. The molecule has 3 rings (SSSR count). The lowest BCUT2D eigenvalue weighted by molar-refractivity contribution is -0.384. The molecule has 26 heavy (non-hydrogen) atoms. The summed E-state index contributed by atoms with van der Waals surface area (Å²) in [5.41, 5.74) is 0.734. The van der Waals surface area contributed by atoms with Crippen LogP contribution >= 0.6 is 0 Å². The van der Waals surface area contributed by atoms with Crippen LogP contribution in [0.5, 0.6) is 0 Å². The van der Waals surface area contributed by atoms with Gasteiger partial charge in [-0.2, -0.15) is 0 Å². The number of benzene rings is 1. The summed E-state index contributed by atoms with van der Waals surface area (Å²) < 4.78 is 0. The Balaban J connectivity index is 1.78. The number of carboxylic acid groups (broad SMARTS) is 1. The molecule has 1 N–H and O–H groups in total. The Labute approximate surface area is 149 Å². The van der Waals surface area contributed by atoms with E-state index in [1.165, 1.54) is 18.2 Å². The van der Waals surface area contributed by atoms with E-state index < -0.39 is 22.9 Å². The molecule has 0 aromatic heterocycles. The van der Waals surface area contributed by atoms with Gasteiger partial charge in [-0.05, 0) is 44.5 Å². The third-order valence-corrected chi connectivity index (χ3v) is 5.07. The highest BCUT2D eigenvalue weighted by atomic mass is 16.6. The van der Waals surface area contributed by atoms with Gasteiger partial charge in [-0.25, -0.2) is 4.90 Å². The highest BCUT2D eigenvalue weighted by molar-refractivity contribution is 6.22. The fourth-order valence-corrected chi connectivity index (χ4v) is 3.62. The molecule has 0 unspecified atom stereocenters. The molecule has 2 fully saturated rings. The fourth-order valence-electron chi connectivity index (χ4n) is 3.62. The maximum atomic E-state index is 12.8. The molecule has 138 valence electrons. The third kappa shape index (κ3) is 3.17. The maximum Gasteiger partial charge on any atom is 0.306 e. The molecule has 0 aliphatic carbocycles. The maximum absolute atomic E-state index is 12.8. The summed E-state index contributed by atoms with van der Waals surface area (Å²) >= 11 is 0. The number of imide groups is 1. The van der Waals surface area contributed by atoms with Gasteiger partial charge < -0.3 is 5.11 Å². The first-order valence-corrected chi connectivity index (χ1v) is 8.38. The molecule has 1 aromatic carbocycles. The minimum absolute atomic E-state index is 0.0347. The summed E-state index contributed by atoms with van der Waals surface area (Å²) in [5, 5.41) is 19.9. The van der Waals surface area contributed by atoms with Crippen LogP contribution in [-0.2, 0) is 14.4 Å². The molecule has 0 saturated carbocycles. The van der Waals surface area contributed by atoms with Crippen molar-refractivity contribution >= 4 is 29.2 Å². The highest BCUT2D eigenvalue weighted by Gasteiger charge is 2.44. The Morgan fingerprint density at radius 2 is 1.92 bits per heavy atom. The van der Waals surface area contributed by atoms with Crippen LogP contribution in [0.1, 0.15) is 24.8 Å². The van der Waals surface area contributed by atoms with E-state index in [2.05, 4.69) is 0 Å². The van der Waals surface area contributed by atoms with Gasteiger partial charge in [0.2, 0.25) is 5.91 Å². The number of carboxylic acids is 1. The first-order chi connectivity index (χ1) is 12.3. The van der Waals surface area contributed by atoms with Crippen LogP contribution in [0, 0.1) is 23.0 Å². The minimum atomic E-state index is -0.832. The quantitative estimate of drug-likeness (QED) is 0.488. The molecule has 2 aliphatic rings. The Bertz CT molecular complexity index is 785. The van der Waals surface area contributed by atoms with Crippen molar-refractivity contribution in [2.75, 3.05) is 18.0 Å². The number of carbonyl (C=O) groups is 3. The lowest BCUT2D eigenvalue weighted by atomic mass is 9.95. The van der Waals surface area contributed by atoms with Crippen molar-refractivity contribution in [1.82, 2.24) is 4.90 Å². The van der Waals surface area contributed by atoms with Crippen molar-refractivity contribution in [3.8, 4) is 0 Å². The first kappa shape index (κ1) is 18.0. The summed E-state index contributed by atoms with van der Waals surface area (Å²) in [7, 11) is 0. The van der Waals surface area contributed by atoms with Crippen LogP contribution in [0.2, 0.25) is 0 Å². The second-order valence-electron chi connectivity index (χ2n) is 6.66. The van der Waals surface area contributed by atoms with Gasteiger partial charge in [0.05, 0.1) is 29.0 Å². The zero-order chi connectivity index (χ0) is 19.0. The summed E-state index contributed by atoms with van der Waals surface area (Å²) in [6.45, 7) is 2.52. The molecular formula is C17H19N3O6. The number of rotatable bonds is 4. The van der Waals surface area contributed by atoms with E-state index in [4.69, 9.17) is 5.11 Å². The highest BCUT2D eigenvalue weighted by Crippen LogP contribution is 2.32. The van der Waals surface area contributed by atoms with Crippen molar-refractivity contribution < 1.29 is 24.4 Å². The van der Waals surface area contributed by atoms with E-state index >= 15 is 0 Å². The number of amides is 2. The fraction of sp³-hybridized carbons (Fsp3) is 0.471. The van der Waals surface area contributed by atoms with Crippen molar-refractivity contribution in [1.29, 1.82) is 0 Å².